The highest BCUT2D eigenvalue weighted by atomic mass is 19.4. The number of halogens is 3. The molecule has 33 heavy (non-hydrogen) atoms. The Hall–Kier alpha value is -3.10. The van der Waals surface area contributed by atoms with Crippen LogP contribution in [-0.2, 0) is 11.0 Å². The zero-order valence-electron chi connectivity index (χ0n) is 18.7. The molecule has 0 spiro atoms. The van der Waals surface area contributed by atoms with Crippen LogP contribution in [0.5, 0.6) is 11.5 Å². The molecule has 1 aromatic heterocycles. The van der Waals surface area contributed by atoms with E-state index in [2.05, 4.69) is 11.9 Å². The van der Waals surface area contributed by atoms with Gasteiger partial charge >= 0.3 is 12.1 Å². The molecule has 0 atom stereocenters. The fourth-order valence-corrected chi connectivity index (χ4v) is 4.13. The molecule has 0 unspecified atom stereocenters. The van der Waals surface area contributed by atoms with Gasteiger partial charge in [0.2, 0.25) is 5.91 Å². The van der Waals surface area contributed by atoms with Crippen molar-refractivity contribution in [3.8, 4) is 11.5 Å². The number of pyridine rings is 1. The number of hydrogen-bond acceptors (Lipinski definition) is 4. The summed E-state index contributed by atoms with van der Waals surface area (Å²) < 4.78 is 45.1. The molecule has 1 aliphatic rings. The van der Waals surface area contributed by atoms with Crippen LogP contribution in [0.3, 0.4) is 0 Å². The van der Waals surface area contributed by atoms with Crippen molar-refractivity contribution in [3.63, 3.8) is 0 Å². The molecule has 3 rings (SSSR count). The predicted molar refractivity (Wildman–Crippen MR) is 116 cm³/mol. The van der Waals surface area contributed by atoms with Crippen LogP contribution < -0.4 is 9.64 Å². The van der Waals surface area contributed by atoms with E-state index in [9.17, 15) is 27.9 Å². The third kappa shape index (κ3) is 5.64. The maximum atomic E-state index is 13.3. The van der Waals surface area contributed by atoms with E-state index in [-0.39, 0.29) is 34.9 Å². The Bertz CT molecular complexity index is 1020. The smallest absolute Gasteiger partial charge is 0.421 e. The summed E-state index contributed by atoms with van der Waals surface area (Å²) in [6.07, 6.45) is 0.484. The minimum Gasteiger partial charge on any atom is -0.478 e. The maximum absolute atomic E-state index is 13.3. The summed E-state index contributed by atoms with van der Waals surface area (Å²) in [5, 5.41) is 9.81. The molecule has 0 radical (unpaired) electrons. The first-order chi connectivity index (χ1) is 15.5. The first-order valence-corrected chi connectivity index (χ1v) is 10.9. The van der Waals surface area contributed by atoms with E-state index in [1.807, 2.05) is 0 Å². The number of amides is 1. The number of carboxylic acids is 1. The normalized spacial score (nSPS) is 18.8. The van der Waals surface area contributed by atoms with E-state index < -0.39 is 23.5 Å². The highest BCUT2D eigenvalue weighted by Crippen LogP contribution is 2.39. The van der Waals surface area contributed by atoms with Gasteiger partial charge in [0.1, 0.15) is 17.1 Å². The van der Waals surface area contributed by atoms with E-state index in [0.717, 1.165) is 44.0 Å². The third-order valence-electron chi connectivity index (χ3n) is 5.89. The number of nitrogens with zero attached hydrogens (tertiary/aromatic N) is 2. The van der Waals surface area contributed by atoms with Gasteiger partial charge in [0.25, 0.3) is 0 Å². The minimum atomic E-state index is -4.68. The van der Waals surface area contributed by atoms with E-state index in [1.165, 1.54) is 17.0 Å². The third-order valence-corrected chi connectivity index (χ3v) is 5.89. The summed E-state index contributed by atoms with van der Waals surface area (Å²) in [4.78, 5) is 30.3. The fourth-order valence-electron chi connectivity index (χ4n) is 4.13. The first kappa shape index (κ1) is 24.5. The van der Waals surface area contributed by atoms with Crippen LogP contribution in [0.25, 0.3) is 0 Å². The Morgan fingerprint density at radius 1 is 1.15 bits per heavy atom. The number of ether oxygens (including phenoxy) is 1. The number of anilines is 1. The van der Waals surface area contributed by atoms with Crippen molar-refractivity contribution in [3.05, 3.63) is 47.8 Å². The van der Waals surface area contributed by atoms with Crippen LogP contribution in [0.2, 0.25) is 0 Å². The highest BCUT2D eigenvalue weighted by Gasteiger charge is 2.35. The molecule has 1 N–H and O–H groups in total. The molecule has 9 heteroatoms. The molecule has 1 heterocycles. The number of alkyl halides is 3. The quantitative estimate of drug-likeness (QED) is 0.554. The second-order valence-electron chi connectivity index (χ2n) is 8.71. The first-order valence-electron chi connectivity index (χ1n) is 10.9. The van der Waals surface area contributed by atoms with Gasteiger partial charge in [0.05, 0.1) is 11.3 Å². The van der Waals surface area contributed by atoms with E-state index >= 15 is 0 Å². The number of carbonyl (C=O) groups is 2. The molecule has 1 fully saturated rings. The van der Waals surface area contributed by atoms with Crippen molar-refractivity contribution in [2.45, 2.75) is 58.7 Å². The van der Waals surface area contributed by atoms with Crippen LogP contribution in [0.4, 0.5) is 18.9 Å². The Morgan fingerprint density at radius 3 is 2.39 bits per heavy atom. The Morgan fingerprint density at radius 2 is 1.82 bits per heavy atom. The molecule has 1 saturated carbocycles. The molecule has 1 amide bonds. The summed E-state index contributed by atoms with van der Waals surface area (Å²) in [7, 11) is 0. The Labute approximate surface area is 190 Å². The van der Waals surface area contributed by atoms with E-state index in [0.29, 0.717) is 12.1 Å². The number of benzene rings is 1. The van der Waals surface area contributed by atoms with Gasteiger partial charge in [-0.15, -0.1) is 0 Å². The van der Waals surface area contributed by atoms with Gasteiger partial charge in [-0.05, 0) is 69.7 Å². The zero-order valence-corrected chi connectivity index (χ0v) is 18.7. The lowest BCUT2D eigenvalue weighted by Gasteiger charge is -2.34. The molecule has 2 aromatic rings. The number of aromatic carboxylic acids is 1. The fraction of sp³-hybridized carbons (Fsp3) is 0.458. The van der Waals surface area contributed by atoms with E-state index in [4.69, 9.17) is 4.74 Å². The maximum Gasteiger partial charge on any atom is 0.421 e. The summed E-state index contributed by atoms with van der Waals surface area (Å²) >= 11 is 0. The van der Waals surface area contributed by atoms with Gasteiger partial charge in [-0.1, -0.05) is 6.92 Å². The van der Waals surface area contributed by atoms with Crippen molar-refractivity contribution in [1.29, 1.82) is 0 Å². The second kappa shape index (κ2) is 9.80. The largest absolute Gasteiger partial charge is 0.478 e. The van der Waals surface area contributed by atoms with Crippen molar-refractivity contribution >= 4 is 17.6 Å². The average molecular weight is 464 g/mol. The Balaban J connectivity index is 1.95. The topological polar surface area (TPSA) is 79.7 Å². The van der Waals surface area contributed by atoms with E-state index in [1.54, 1.807) is 13.8 Å². The molecule has 0 aliphatic heterocycles. The van der Waals surface area contributed by atoms with Gasteiger partial charge in [-0.3, -0.25) is 9.78 Å². The lowest BCUT2D eigenvalue weighted by molar-refractivity contribution is -0.138. The zero-order chi connectivity index (χ0) is 24.3. The summed E-state index contributed by atoms with van der Waals surface area (Å²) in [5.41, 5.74) is -1.10. The highest BCUT2D eigenvalue weighted by molar-refractivity contribution is 6.03. The van der Waals surface area contributed by atoms with Crippen molar-refractivity contribution in [2.24, 2.45) is 11.8 Å². The molecular weight excluding hydrogens is 437 g/mol. The number of carbonyl (C=O) groups excluding carboxylic acids is 1. The average Bonchev–Trinajstić information content (AvgIpc) is 2.74. The molecule has 0 saturated heterocycles. The van der Waals surface area contributed by atoms with Crippen LogP contribution >= 0.6 is 0 Å². The molecule has 178 valence electrons. The Kier molecular flexibility index (Phi) is 7.29. The number of hydrogen-bond donors (Lipinski definition) is 1. The second-order valence-corrected chi connectivity index (χ2v) is 8.71. The standard InChI is InChI=1S/C24H27F3N2O4/c1-14(2)29(22(30)16-6-4-15(3)5-7-16)20-9-8-17(12-18(20)23(31)32)33-21-10-11-28-13-19(21)24(25,26)27/h8-16H,4-7H2,1-3H3,(H,31,32)/t15-,16-. The molecule has 0 bridgehead atoms. The van der Waals surface area contributed by atoms with Gasteiger partial charge in [0, 0.05) is 24.4 Å². The number of aromatic nitrogens is 1. The molecular formula is C24H27F3N2O4. The van der Waals surface area contributed by atoms with Crippen LogP contribution in [0.15, 0.2) is 36.7 Å². The molecule has 1 aromatic carbocycles. The van der Waals surface area contributed by atoms with Crippen molar-refractivity contribution in [1.82, 2.24) is 4.98 Å². The number of rotatable bonds is 6. The number of carboxylic acid groups (broad SMARTS) is 1. The van der Waals surface area contributed by atoms with Gasteiger partial charge in [-0.25, -0.2) is 4.79 Å². The van der Waals surface area contributed by atoms with Crippen LogP contribution in [0.1, 0.15) is 62.4 Å². The predicted octanol–water partition coefficient (Wildman–Crippen LogP) is 6.16. The summed E-state index contributed by atoms with van der Waals surface area (Å²) in [6, 6.07) is 4.68. The van der Waals surface area contributed by atoms with Gasteiger partial charge in [-0.2, -0.15) is 13.2 Å². The minimum absolute atomic E-state index is 0.0875. The SMILES string of the molecule is CC(C)N(c1ccc(Oc2ccncc2C(F)(F)F)cc1C(=O)O)C(=O)[C@H]1CC[C@H](C)CC1. The van der Waals surface area contributed by atoms with Crippen LogP contribution in [0, 0.1) is 11.8 Å². The summed E-state index contributed by atoms with van der Waals surface area (Å²) in [5.74, 6) is -1.65. The monoisotopic (exact) mass is 464 g/mol. The van der Waals surface area contributed by atoms with Gasteiger partial charge < -0.3 is 14.7 Å². The van der Waals surface area contributed by atoms with Crippen molar-refractivity contribution < 1.29 is 32.6 Å². The van der Waals surface area contributed by atoms with Gasteiger partial charge in [0.15, 0.2) is 0 Å². The lowest BCUT2D eigenvalue weighted by atomic mass is 9.82. The molecule has 6 nitrogen and oxygen atoms in total. The summed E-state index contributed by atoms with van der Waals surface area (Å²) in [6.45, 7) is 5.74. The van der Waals surface area contributed by atoms with Crippen molar-refractivity contribution in [2.75, 3.05) is 4.90 Å². The van der Waals surface area contributed by atoms with Crippen LogP contribution in [-0.4, -0.2) is 28.0 Å². The lowest BCUT2D eigenvalue weighted by Crippen LogP contribution is -2.42. The molecule has 1 aliphatic carbocycles.